The van der Waals surface area contributed by atoms with Crippen molar-refractivity contribution >= 4 is 6.02 Å². The van der Waals surface area contributed by atoms with Crippen LogP contribution in [0.1, 0.15) is 6.42 Å². The van der Waals surface area contributed by atoms with Crippen molar-refractivity contribution in [1.29, 1.82) is 0 Å². The highest BCUT2D eigenvalue weighted by Crippen LogP contribution is 2.27. The third kappa shape index (κ3) is 2.30. The minimum absolute atomic E-state index is 0.102. The second kappa shape index (κ2) is 4.57. The summed E-state index contributed by atoms with van der Waals surface area (Å²) in [5.74, 6) is 0. The molecule has 1 heterocycles. The van der Waals surface area contributed by atoms with E-state index in [9.17, 15) is 0 Å². The average Bonchev–Trinajstić information content (AvgIpc) is 2.68. The topological polar surface area (TPSA) is 43.4 Å². The van der Waals surface area contributed by atoms with Crippen LogP contribution < -0.4 is 0 Å². The highest BCUT2D eigenvalue weighted by Gasteiger charge is 2.31. The van der Waals surface area contributed by atoms with Gasteiger partial charge in [-0.3, -0.25) is 4.84 Å². The van der Waals surface area contributed by atoms with Gasteiger partial charge in [-0.2, -0.15) is 5.11 Å². The van der Waals surface area contributed by atoms with Crippen molar-refractivity contribution in [3.8, 4) is 0 Å². The molecule has 1 aliphatic carbocycles. The first-order chi connectivity index (χ1) is 8.09. The molecule has 1 unspecified atom stereocenters. The summed E-state index contributed by atoms with van der Waals surface area (Å²) in [6.07, 6.45) is 6.95. The Morgan fingerprint density at radius 2 is 2.29 bits per heavy atom. The van der Waals surface area contributed by atoms with Gasteiger partial charge in [-0.05, 0) is 17.7 Å². The Morgan fingerprint density at radius 1 is 1.53 bits per heavy atom. The van der Waals surface area contributed by atoms with E-state index in [0.717, 1.165) is 12.1 Å². The van der Waals surface area contributed by atoms with E-state index in [1.165, 1.54) is 5.17 Å². The first kappa shape index (κ1) is 11.6. The third-order valence-corrected chi connectivity index (χ3v) is 2.53. The number of amidine groups is 1. The van der Waals surface area contributed by atoms with Crippen LogP contribution in [0.5, 0.6) is 0 Å². The standard InChI is InChI=1S/C11H18N5O/c1-14(2)11(15(3)4)17-16-10-8-6-5-7-9(10)12-13-16/h5-6,8-9H,7H2,1-4H3/q+1. The van der Waals surface area contributed by atoms with Crippen molar-refractivity contribution in [1.82, 2.24) is 10.1 Å². The molecule has 2 aliphatic rings. The zero-order chi connectivity index (χ0) is 12.4. The van der Waals surface area contributed by atoms with Crippen LogP contribution in [0.3, 0.4) is 0 Å². The molecule has 0 spiro atoms. The normalized spacial score (nSPS) is 21.1. The van der Waals surface area contributed by atoms with Gasteiger partial charge < -0.3 is 0 Å². The molecule has 0 saturated carbocycles. The van der Waals surface area contributed by atoms with Crippen LogP contribution in [-0.4, -0.2) is 54.9 Å². The molecule has 0 aromatic heterocycles. The predicted molar refractivity (Wildman–Crippen MR) is 64.2 cm³/mol. The van der Waals surface area contributed by atoms with Gasteiger partial charge in [0.25, 0.3) is 0 Å². The Morgan fingerprint density at radius 3 is 2.94 bits per heavy atom. The lowest BCUT2D eigenvalue weighted by Gasteiger charge is -2.19. The molecule has 0 saturated heterocycles. The molecule has 0 bridgehead atoms. The fraction of sp³-hybridized carbons (Fsp3) is 0.545. The number of fused-ring (bicyclic) bond motifs is 1. The average molecular weight is 236 g/mol. The number of hydrogen-bond acceptors (Lipinski definition) is 4. The van der Waals surface area contributed by atoms with Crippen molar-refractivity contribution in [3.63, 3.8) is 0 Å². The second-order valence-corrected chi connectivity index (χ2v) is 4.41. The van der Waals surface area contributed by atoms with E-state index in [2.05, 4.69) is 16.4 Å². The smallest absolute Gasteiger partial charge is 0.279 e. The van der Waals surface area contributed by atoms with Gasteiger partial charge >= 0.3 is 6.02 Å². The SMILES string of the molecule is CN(C)C(ON1N=NC2CC=CC=C21)=[N+](C)C. The van der Waals surface area contributed by atoms with Gasteiger partial charge in [-0.25, -0.2) is 9.48 Å². The molecular formula is C11H18N5O+. The fourth-order valence-corrected chi connectivity index (χ4v) is 1.78. The molecule has 92 valence electrons. The maximum absolute atomic E-state index is 5.74. The Labute approximate surface area is 101 Å². The molecule has 1 aliphatic heterocycles. The first-order valence-corrected chi connectivity index (χ1v) is 5.57. The summed E-state index contributed by atoms with van der Waals surface area (Å²) >= 11 is 0. The summed E-state index contributed by atoms with van der Waals surface area (Å²) < 4.78 is 1.89. The van der Waals surface area contributed by atoms with Crippen molar-refractivity contribution in [3.05, 3.63) is 23.9 Å². The highest BCUT2D eigenvalue weighted by molar-refractivity contribution is 5.67. The lowest BCUT2D eigenvalue weighted by atomic mass is 10.1. The van der Waals surface area contributed by atoms with E-state index in [-0.39, 0.29) is 6.04 Å². The molecule has 0 amide bonds. The summed E-state index contributed by atoms with van der Waals surface area (Å²) in [6, 6.07) is 0.811. The Kier molecular flexibility index (Phi) is 3.12. The highest BCUT2D eigenvalue weighted by atomic mass is 16.7. The molecule has 0 fully saturated rings. The van der Waals surface area contributed by atoms with Crippen molar-refractivity contribution in [2.24, 2.45) is 10.3 Å². The van der Waals surface area contributed by atoms with Crippen LogP contribution in [0.15, 0.2) is 34.3 Å². The number of allylic oxidation sites excluding steroid dienone is 2. The van der Waals surface area contributed by atoms with E-state index in [4.69, 9.17) is 4.84 Å². The first-order valence-electron chi connectivity index (χ1n) is 5.57. The Bertz CT molecular complexity index is 418. The van der Waals surface area contributed by atoms with Gasteiger partial charge in [-0.15, -0.1) is 0 Å². The van der Waals surface area contributed by atoms with Crippen molar-refractivity contribution < 1.29 is 9.41 Å². The molecule has 0 radical (unpaired) electrons. The molecule has 0 aromatic rings. The van der Waals surface area contributed by atoms with Crippen LogP contribution in [0.25, 0.3) is 0 Å². The summed E-state index contributed by atoms with van der Waals surface area (Å²) in [4.78, 5) is 7.63. The van der Waals surface area contributed by atoms with Gasteiger partial charge in [0.1, 0.15) is 11.7 Å². The summed E-state index contributed by atoms with van der Waals surface area (Å²) in [5.41, 5.74) is 0.980. The van der Waals surface area contributed by atoms with Gasteiger partial charge in [0.2, 0.25) is 0 Å². The Balaban J connectivity index is 2.15. The molecule has 2 rings (SSSR count). The number of hydroxylamine groups is 1. The maximum atomic E-state index is 5.74. The zero-order valence-electron chi connectivity index (χ0n) is 10.7. The number of rotatable bonds is 1. The molecule has 6 nitrogen and oxygen atoms in total. The fourth-order valence-electron chi connectivity index (χ4n) is 1.78. The minimum atomic E-state index is 0.102. The van der Waals surface area contributed by atoms with Gasteiger partial charge in [0, 0.05) is 0 Å². The summed E-state index contributed by atoms with van der Waals surface area (Å²) in [6.45, 7) is 0. The predicted octanol–water partition coefficient (Wildman–Crippen LogP) is 1.00. The van der Waals surface area contributed by atoms with Crippen LogP contribution >= 0.6 is 0 Å². The van der Waals surface area contributed by atoms with E-state index in [1.807, 2.05) is 49.8 Å². The Hall–Kier alpha value is -1.85. The van der Waals surface area contributed by atoms with Crippen LogP contribution in [-0.2, 0) is 4.84 Å². The zero-order valence-corrected chi connectivity index (χ0v) is 10.7. The molecule has 17 heavy (non-hydrogen) atoms. The van der Waals surface area contributed by atoms with E-state index in [0.29, 0.717) is 6.02 Å². The molecule has 6 heteroatoms. The monoisotopic (exact) mass is 236 g/mol. The molecule has 0 aromatic carbocycles. The number of hydrogen-bond donors (Lipinski definition) is 0. The van der Waals surface area contributed by atoms with Crippen LogP contribution in [0.4, 0.5) is 0 Å². The molecular weight excluding hydrogens is 218 g/mol. The minimum Gasteiger partial charge on any atom is -0.279 e. The lowest BCUT2D eigenvalue weighted by molar-refractivity contribution is -0.485. The van der Waals surface area contributed by atoms with E-state index >= 15 is 0 Å². The maximum Gasteiger partial charge on any atom is 0.471 e. The largest absolute Gasteiger partial charge is 0.471 e. The van der Waals surface area contributed by atoms with Gasteiger partial charge in [0.15, 0.2) is 0 Å². The molecule has 1 atom stereocenters. The summed E-state index contributed by atoms with van der Waals surface area (Å²) in [5, 5.41) is 9.69. The lowest BCUT2D eigenvalue weighted by Crippen LogP contribution is -2.37. The quantitative estimate of drug-likeness (QED) is 0.387. The van der Waals surface area contributed by atoms with E-state index in [1.54, 1.807) is 0 Å². The van der Waals surface area contributed by atoms with Crippen molar-refractivity contribution in [2.75, 3.05) is 28.2 Å². The summed E-state index contributed by atoms with van der Waals surface area (Å²) in [7, 11) is 7.70. The second-order valence-electron chi connectivity index (χ2n) is 4.41. The third-order valence-electron chi connectivity index (χ3n) is 2.53. The van der Waals surface area contributed by atoms with E-state index < -0.39 is 0 Å². The van der Waals surface area contributed by atoms with Gasteiger partial charge in [0.05, 0.1) is 28.2 Å². The van der Waals surface area contributed by atoms with Crippen molar-refractivity contribution in [2.45, 2.75) is 12.5 Å². The molecule has 0 N–H and O–H groups in total. The van der Waals surface area contributed by atoms with Crippen LogP contribution in [0, 0.1) is 0 Å². The number of nitrogens with zero attached hydrogens (tertiary/aromatic N) is 5. The van der Waals surface area contributed by atoms with Gasteiger partial charge in [-0.1, -0.05) is 17.3 Å². The van der Waals surface area contributed by atoms with Crippen LogP contribution in [0.2, 0.25) is 0 Å².